The molecule has 0 aromatic carbocycles. The molecule has 1 heterocycles. The van der Waals surface area contributed by atoms with E-state index in [9.17, 15) is 14.7 Å². The van der Waals surface area contributed by atoms with Crippen LogP contribution in [0.1, 0.15) is 20.8 Å². The summed E-state index contributed by atoms with van der Waals surface area (Å²) in [7, 11) is 0. The molecule has 96 valence electrons. The molecular formula is C13H14O5. The van der Waals surface area contributed by atoms with Crippen molar-refractivity contribution in [3.05, 3.63) is 34.3 Å². The molecule has 1 aliphatic heterocycles. The second-order valence-corrected chi connectivity index (χ2v) is 4.56. The first-order valence-electron chi connectivity index (χ1n) is 5.64. The summed E-state index contributed by atoms with van der Waals surface area (Å²) in [4.78, 5) is 23.0. The number of rotatable bonds is 1. The van der Waals surface area contributed by atoms with E-state index < -0.39 is 23.1 Å². The molecule has 2 N–H and O–H groups in total. The lowest BCUT2D eigenvalue weighted by atomic mass is 9.78. The smallest absolute Gasteiger partial charge is 0.343 e. The summed E-state index contributed by atoms with van der Waals surface area (Å²) in [5.74, 6) is -2.64. The van der Waals surface area contributed by atoms with Gasteiger partial charge in [-0.15, -0.1) is 0 Å². The number of fused-ring (bicyclic) bond motifs is 1. The molecule has 0 aromatic rings. The maximum atomic E-state index is 12.0. The van der Waals surface area contributed by atoms with Crippen molar-refractivity contribution in [1.82, 2.24) is 0 Å². The highest BCUT2D eigenvalue weighted by Gasteiger charge is 2.39. The van der Waals surface area contributed by atoms with Gasteiger partial charge in [0.25, 0.3) is 0 Å². The Morgan fingerprint density at radius 1 is 1.39 bits per heavy atom. The molecular weight excluding hydrogens is 236 g/mol. The van der Waals surface area contributed by atoms with E-state index in [1.54, 1.807) is 6.92 Å². The zero-order chi connectivity index (χ0) is 13.6. The third-order valence-electron chi connectivity index (χ3n) is 3.53. The Balaban J connectivity index is 2.67. The van der Waals surface area contributed by atoms with E-state index in [4.69, 9.17) is 9.84 Å². The van der Waals surface area contributed by atoms with Crippen LogP contribution in [-0.4, -0.2) is 28.1 Å². The monoisotopic (exact) mass is 250 g/mol. The molecule has 1 aliphatic carbocycles. The van der Waals surface area contributed by atoms with Gasteiger partial charge >= 0.3 is 5.97 Å². The van der Waals surface area contributed by atoms with Gasteiger partial charge in [-0.1, -0.05) is 6.92 Å². The van der Waals surface area contributed by atoms with E-state index in [0.29, 0.717) is 16.7 Å². The first kappa shape index (κ1) is 12.4. The average molecular weight is 250 g/mol. The molecule has 0 fully saturated rings. The number of allylic oxidation sites excluding steroid dienone is 2. The third kappa shape index (κ3) is 1.54. The van der Waals surface area contributed by atoms with Crippen LogP contribution in [0.25, 0.3) is 0 Å². The average Bonchev–Trinajstić information content (AvgIpc) is 2.29. The van der Waals surface area contributed by atoms with Crippen molar-refractivity contribution >= 4 is 11.8 Å². The maximum Gasteiger partial charge on any atom is 0.343 e. The molecule has 5 nitrogen and oxygen atoms in total. The van der Waals surface area contributed by atoms with Gasteiger partial charge < -0.3 is 14.9 Å². The van der Waals surface area contributed by atoms with E-state index in [-0.39, 0.29) is 12.0 Å². The van der Waals surface area contributed by atoms with E-state index >= 15 is 0 Å². The number of hydrogen-bond donors (Lipinski definition) is 2. The minimum atomic E-state index is -1.43. The Labute approximate surface area is 104 Å². The van der Waals surface area contributed by atoms with Crippen LogP contribution in [0, 0.1) is 5.92 Å². The van der Waals surface area contributed by atoms with E-state index in [0.717, 1.165) is 0 Å². The Morgan fingerprint density at radius 3 is 2.56 bits per heavy atom. The number of hydrogen-bond acceptors (Lipinski definition) is 4. The second-order valence-electron chi connectivity index (χ2n) is 4.56. The molecule has 0 radical (unpaired) electrons. The zero-order valence-electron chi connectivity index (χ0n) is 10.4. The predicted octanol–water partition coefficient (Wildman–Crippen LogP) is 1.72. The summed E-state index contributed by atoms with van der Waals surface area (Å²) in [6.45, 7) is 5.31. The Kier molecular flexibility index (Phi) is 2.77. The van der Waals surface area contributed by atoms with Crippen LogP contribution in [0.4, 0.5) is 0 Å². The molecule has 0 aromatic heterocycles. The van der Waals surface area contributed by atoms with Crippen LogP contribution in [0.5, 0.6) is 0 Å². The van der Waals surface area contributed by atoms with Gasteiger partial charge in [-0.05, 0) is 19.4 Å². The first-order chi connectivity index (χ1) is 8.36. The van der Waals surface area contributed by atoms with Gasteiger partial charge in [-0.25, -0.2) is 4.79 Å². The summed E-state index contributed by atoms with van der Waals surface area (Å²) < 4.78 is 5.35. The van der Waals surface area contributed by atoms with Crippen LogP contribution in [-0.2, 0) is 14.3 Å². The largest absolute Gasteiger partial charge is 0.506 e. The highest BCUT2D eigenvalue weighted by molar-refractivity contribution is 6.25. The summed E-state index contributed by atoms with van der Waals surface area (Å²) in [6.07, 6.45) is 1.21. The van der Waals surface area contributed by atoms with Crippen LogP contribution in [0.2, 0.25) is 0 Å². The zero-order valence-corrected chi connectivity index (χ0v) is 10.4. The molecule has 2 rings (SSSR count). The first-order valence-corrected chi connectivity index (χ1v) is 5.64. The molecule has 0 saturated carbocycles. The number of ketones is 1. The predicted molar refractivity (Wildman–Crippen MR) is 62.8 cm³/mol. The van der Waals surface area contributed by atoms with Gasteiger partial charge in [0, 0.05) is 11.5 Å². The van der Waals surface area contributed by atoms with E-state index in [1.807, 2.05) is 13.8 Å². The molecule has 2 aliphatic rings. The lowest BCUT2D eigenvalue weighted by Crippen LogP contribution is -2.31. The number of carbonyl (C=O) groups is 2. The number of Topliss-reactive ketones (excluding diaryl/α,β-unsaturated/α-hetero) is 1. The fourth-order valence-electron chi connectivity index (χ4n) is 2.31. The molecule has 0 saturated heterocycles. The number of aliphatic carboxylic acids is 1. The third-order valence-corrected chi connectivity index (χ3v) is 3.53. The minimum Gasteiger partial charge on any atom is -0.506 e. The maximum absolute atomic E-state index is 12.0. The van der Waals surface area contributed by atoms with Crippen LogP contribution in [0.15, 0.2) is 34.3 Å². The van der Waals surface area contributed by atoms with Crippen LogP contribution < -0.4 is 0 Å². The summed E-state index contributed by atoms with van der Waals surface area (Å²) >= 11 is 0. The Hall–Kier alpha value is -2.04. The number of carboxylic acids is 1. The van der Waals surface area contributed by atoms with Crippen LogP contribution in [0.3, 0.4) is 0 Å². The molecule has 0 bridgehead atoms. The van der Waals surface area contributed by atoms with E-state index in [1.165, 1.54) is 6.26 Å². The van der Waals surface area contributed by atoms with E-state index in [2.05, 4.69) is 0 Å². The van der Waals surface area contributed by atoms with Gasteiger partial charge in [0.1, 0.15) is 17.4 Å². The number of carboxylic acid groups (broad SMARTS) is 1. The number of ether oxygens (including phenoxy) is 1. The van der Waals surface area contributed by atoms with Crippen molar-refractivity contribution < 1.29 is 24.5 Å². The van der Waals surface area contributed by atoms with Crippen molar-refractivity contribution in [2.75, 3.05) is 0 Å². The van der Waals surface area contributed by atoms with Crippen molar-refractivity contribution in [3.63, 3.8) is 0 Å². The summed E-state index contributed by atoms with van der Waals surface area (Å²) in [6, 6.07) is 0. The molecule has 0 spiro atoms. The highest BCUT2D eigenvalue weighted by Crippen LogP contribution is 2.40. The van der Waals surface area contributed by atoms with Gasteiger partial charge in [0.2, 0.25) is 0 Å². The lowest BCUT2D eigenvalue weighted by Gasteiger charge is -2.33. The van der Waals surface area contributed by atoms with Crippen molar-refractivity contribution in [2.24, 2.45) is 5.92 Å². The van der Waals surface area contributed by atoms with Gasteiger partial charge in [-0.2, -0.15) is 0 Å². The SMILES string of the molecule is CC1=C2C(=CO[C@H](C)C2C)C(O)=C(C(=O)O)C1=O. The van der Waals surface area contributed by atoms with Gasteiger partial charge in [-0.3, -0.25) is 4.79 Å². The fourth-order valence-corrected chi connectivity index (χ4v) is 2.31. The number of aliphatic hydroxyl groups excluding tert-OH is 1. The van der Waals surface area contributed by atoms with Crippen molar-refractivity contribution in [1.29, 1.82) is 0 Å². The summed E-state index contributed by atoms with van der Waals surface area (Å²) in [5.41, 5.74) is 0.739. The number of aliphatic hydroxyl groups is 1. The Morgan fingerprint density at radius 2 is 2.00 bits per heavy atom. The quantitative estimate of drug-likeness (QED) is 0.692. The summed E-state index contributed by atoms with van der Waals surface area (Å²) in [5, 5.41) is 18.9. The standard InChI is InChI=1S/C13H14O5/c1-5-7(3)18-4-8-9(5)6(2)11(14)10(12(8)15)13(16)17/h4-5,7,15H,1-3H3,(H,16,17)/t5?,7-/m1/s1. The molecule has 2 atom stereocenters. The van der Waals surface area contributed by atoms with Crippen LogP contribution >= 0.6 is 0 Å². The number of carbonyl (C=O) groups excluding carboxylic acids is 1. The van der Waals surface area contributed by atoms with Crippen molar-refractivity contribution in [2.45, 2.75) is 26.9 Å². The van der Waals surface area contributed by atoms with Gasteiger partial charge in [0.05, 0.1) is 11.8 Å². The topological polar surface area (TPSA) is 83.8 Å². The van der Waals surface area contributed by atoms with Gasteiger partial charge in [0.15, 0.2) is 5.78 Å². The molecule has 18 heavy (non-hydrogen) atoms. The minimum absolute atomic E-state index is 0.0774. The highest BCUT2D eigenvalue weighted by atomic mass is 16.5. The normalized spacial score (nSPS) is 27.7. The second kappa shape index (κ2) is 4.01. The molecule has 0 amide bonds. The molecule has 5 heteroatoms. The lowest BCUT2D eigenvalue weighted by molar-refractivity contribution is -0.134. The molecule has 1 unspecified atom stereocenters. The Bertz CT molecular complexity index is 536. The fraction of sp³-hybridized carbons (Fsp3) is 0.385. The van der Waals surface area contributed by atoms with Crippen molar-refractivity contribution in [3.8, 4) is 0 Å².